The molecule has 0 radical (unpaired) electrons. The molecule has 6 nitrogen and oxygen atoms in total. The van der Waals surface area contributed by atoms with E-state index in [4.69, 9.17) is 5.11 Å². The summed E-state index contributed by atoms with van der Waals surface area (Å²) in [6.07, 6.45) is 3.57. The molecular weight excluding hydrogens is 258 g/mol. The van der Waals surface area contributed by atoms with E-state index in [-0.39, 0.29) is 24.1 Å². The number of carboxylic acids is 1. The number of amides is 1. The minimum atomic E-state index is -0.998. The summed E-state index contributed by atoms with van der Waals surface area (Å²) in [5.74, 6) is -0.746. The van der Waals surface area contributed by atoms with Crippen molar-refractivity contribution in [1.82, 2.24) is 15.6 Å². The lowest BCUT2D eigenvalue weighted by Crippen LogP contribution is -2.50. The fraction of sp³-hybridized carbons (Fsp3) is 0.500. The van der Waals surface area contributed by atoms with Crippen molar-refractivity contribution in [3.63, 3.8) is 0 Å². The van der Waals surface area contributed by atoms with Gasteiger partial charge < -0.3 is 15.7 Å². The normalized spacial score (nSPS) is 22.2. The number of hydrogen-bond donors (Lipinski definition) is 3. The highest BCUT2D eigenvalue weighted by Crippen LogP contribution is 2.15. The van der Waals surface area contributed by atoms with E-state index >= 15 is 0 Å². The van der Waals surface area contributed by atoms with E-state index < -0.39 is 5.97 Å². The van der Waals surface area contributed by atoms with E-state index in [1.807, 2.05) is 0 Å². The summed E-state index contributed by atoms with van der Waals surface area (Å²) < 4.78 is 0. The highest BCUT2D eigenvalue weighted by molar-refractivity contribution is 5.87. The van der Waals surface area contributed by atoms with Gasteiger partial charge in [0, 0.05) is 6.20 Å². The van der Waals surface area contributed by atoms with Crippen LogP contribution in [0.4, 0.5) is 0 Å². The van der Waals surface area contributed by atoms with Crippen molar-refractivity contribution in [2.75, 3.05) is 6.54 Å². The molecule has 1 aliphatic rings. The molecule has 1 saturated heterocycles. The molecule has 0 spiro atoms. The molecule has 2 heterocycles. The minimum Gasteiger partial charge on any atom is -0.478 e. The second kappa shape index (κ2) is 6.47. The van der Waals surface area contributed by atoms with Crippen LogP contribution in [0.25, 0.3) is 0 Å². The first-order valence-corrected chi connectivity index (χ1v) is 6.77. The Morgan fingerprint density at radius 2 is 2.35 bits per heavy atom. The van der Waals surface area contributed by atoms with E-state index in [2.05, 4.69) is 22.5 Å². The number of carbonyl (C=O) groups is 2. The minimum absolute atomic E-state index is 0.0558. The van der Waals surface area contributed by atoms with Crippen LogP contribution < -0.4 is 10.6 Å². The average molecular weight is 277 g/mol. The number of piperidine rings is 1. The highest BCUT2D eigenvalue weighted by Gasteiger charge is 2.26. The van der Waals surface area contributed by atoms with Crippen molar-refractivity contribution in [1.29, 1.82) is 0 Å². The maximum Gasteiger partial charge on any atom is 0.335 e. The molecule has 0 aliphatic carbocycles. The third kappa shape index (κ3) is 3.54. The molecule has 0 bridgehead atoms. The predicted molar refractivity (Wildman–Crippen MR) is 73.2 cm³/mol. The van der Waals surface area contributed by atoms with Crippen molar-refractivity contribution in [3.05, 3.63) is 29.6 Å². The van der Waals surface area contributed by atoms with Crippen LogP contribution in [0.5, 0.6) is 0 Å². The van der Waals surface area contributed by atoms with E-state index in [0.29, 0.717) is 11.6 Å². The molecule has 0 aromatic carbocycles. The van der Waals surface area contributed by atoms with Crippen LogP contribution in [0.2, 0.25) is 0 Å². The molecule has 6 heteroatoms. The van der Waals surface area contributed by atoms with Crippen LogP contribution in [0, 0.1) is 5.92 Å². The predicted octanol–water partition coefficient (Wildman–Crippen LogP) is 0.784. The van der Waals surface area contributed by atoms with Gasteiger partial charge in [-0.25, -0.2) is 4.79 Å². The first kappa shape index (κ1) is 14.5. The summed E-state index contributed by atoms with van der Waals surface area (Å²) in [4.78, 5) is 27.0. The first-order valence-electron chi connectivity index (χ1n) is 6.77. The number of carboxylic acid groups (broad SMARTS) is 1. The molecule has 0 saturated carbocycles. The first-order chi connectivity index (χ1) is 9.58. The van der Waals surface area contributed by atoms with Crippen LogP contribution >= 0.6 is 0 Å². The smallest absolute Gasteiger partial charge is 0.335 e. The van der Waals surface area contributed by atoms with E-state index in [1.165, 1.54) is 18.3 Å². The largest absolute Gasteiger partial charge is 0.478 e. The number of hydrogen-bond acceptors (Lipinski definition) is 4. The van der Waals surface area contributed by atoms with Gasteiger partial charge in [0.2, 0.25) is 5.91 Å². The monoisotopic (exact) mass is 277 g/mol. The van der Waals surface area contributed by atoms with Crippen LogP contribution in [-0.2, 0) is 11.3 Å². The number of nitrogens with zero attached hydrogens (tertiary/aromatic N) is 1. The molecular formula is C14H19N3O3. The number of aromatic nitrogens is 1. The van der Waals surface area contributed by atoms with E-state index in [1.54, 1.807) is 0 Å². The molecule has 1 fully saturated rings. The number of pyridine rings is 1. The molecule has 1 aliphatic heterocycles. The SMILES string of the molecule is CC1CCCNC1C(=O)NCc1cc(C(=O)O)ccn1. The Hall–Kier alpha value is -1.95. The summed E-state index contributed by atoms with van der Waals surface area (Å²) in [5.41, 5.74) is 0.718. The summed E-state index contributed by atoms with van der Waals surface area (Å²) in [6.45, 7) is 3.15. The van der Waals surface area contributed by atoms with Crippen LogP contribution in [0.3, 0.4) is 0 Å². The zero-order chi connectivity index (χ0) is 14.5. The van der Waals surface area contributed by atoms with Gasteiger partial charge in [-0.2, -0.15) is 0 Å². The van der Waals surface area contributed by atoms with Gasteiger partial charge in [0.15, 0.2) is 0 Å². The van der Waals surface area contributed by atoms with E-state index in [0.717, 1.165) is 19.4 Å². The lowest BCUT2D eigenvalue weighted by Gasteiger charge is -2.28. The van der Waals surface area contributed by atoms with Gasteiger partial charge >= 0.3 is 5.97 Å². The standard InChI is InChI=1S/C14H19N3O3/c1-9-3-2-5-16-12(9)13(18)17-8-11-7-10(14(19)20)4-6-15-11/h4,6-7,9,12,16H,2-3,5,8H2,1H3,(H,17,18)(H,19,20). The van der Waals surface area contributed by atoms with Gasteiger partial charge in [-0.1, -0.05) is 6.92 Å². The van der Waals surface area contributed by atoms with Gasteiger partial charge in [0.25, 0.3) is 0 Å². The Morgan fingerprint density at radius 1 is 1.55 bits per heavy atom. The van der Waals surface area contributed by atoms with Crippen LogP contribution in [0.1, 0.15) is 35.8 Å². The number of rotatable bonds is 4. The van der Waals surface area contributed by atoms with Gasteiger partial charge in [-0.15, -0.1) is 0 Å². The molecule has 20 heavy (non-hydrogen) atoms. The van der Waals surface area contributed by atoms with Crippen LogP contribution in [-0.4, -0.2) is 34.6 Å². The maximum absolute atomic E-state index is 12.1. The Kier molecular flexibility index (Phi) is 4.68. The van der Waals surface area contributed by atoms with Crippen molar-refractivity contribution in [3.8, 4) is 0 Å². The average Bonchev–Trinajstić information content (AvgIpc) is 2.45. The Balaban J connectivity index is 1.92. The number of aromatic carboxylic acids is 1. The highest BCUT2D eigenvalue weighted by atomic mass is 16.4. The lowest BCUT2D eigenvalue weighted by atomic mass is 9.92. The summed E-state index contributed by atoms with van der Waals surface area (Å²) in [6, 6.07) is 2.73. The van der Waals surface area contributed by atoms with Crippen molar-refractivity contribution in [2.45, 2.75) is 32.4 Å². The lowest BCUT2D eigenvalue weighted by molar-refractivity contribution is -0.125. The summed E-state index contributed by atoms with van der Waals surface area (Å²) >= 11 is 0. The van der Waals surface area contributed by atoms with Crippen molar-refractivity contribution >= 4 is 11.9 Å². The van der Waals surface area contributed by atoms with Gasteiger partial charge in [0.1, 0.15) is 0 Å². The zero-order valence-electron chi connectivity index (χ0n) is 11.4. The molecule has 1 aromatic heterocycles. The topological polar surface area (TPSA) is 91.3 Å². The Bertz CT molecular complexity index is 504. The third-order valence-corrected chi connectivity index (χ3v) is 3.56. The zero-order valence-corrected chi connectivity index (χ0v) is 11.4. The van der Waals surface area contributed by atoms with Crippen LogP contribution in [0.15, 0.2) is 18.3 Å². The van der Waals surface area contributed by atoms with E-state index in [9.17, 15) is 9.59 Å². The second-order valence-corrected chi connectivity index (χ2v) is 5.11. The third-order valence-electron chi connectivity index (χ3n) is 3.56. The fourth-order valence-corrected chi connectivity index (χ4v) is 2.40. The molecule has 2 atom stereocenters. The second-order valence-electron chi connectivity index (χ2n) is 5.11. The fourth-order valence-electron chi connectivity index (χ4n) is 2.40. The van der Waals surface area contributed by atoms with Gasteiger partial charge in [-0.05, 0) is 37.4 Å². The van der Waals surface area contributed by atoms with Crippen molar-refractivity contribution < 1.29 is 14.7 Å². The maximum atomic E-state index is 12.1. The Labute approximate surface area is 117 Å². The molecule has 2 unspecified atom stereocenters. The number of carbonyl (C=O) groups excluding carboxylic acids is 1. The molecule has 108 valence electrons. The van der Waals surface area contributed by atoms with Gasteiger partial charge in [-0.3, -0.25) is 9.78 Å². The summed E-state index contributed by atoms with van der Waals surface area (Å²) in [5, 5.41) is 14.9. The quantitative estimate of drug-likeness (QED) is 0.756. The Morgan fingerprint density at radius 3 is 3.05 bits per heavy atom. The van der Waals surface area contributed by atoms with Gasteiger partial charge in [0.05, 0.1) is 23.8 Å². The summed E-state index contributed by atoms with van der Waals surface area (Å²) in [7, 11) is 0. The van der Waals surface area contributed by atoms with Crippen molar-refractivity contribution in [2.24, 2.45) is 5.92 Å². The number of nitrogens with one attached hydrogen (secondary N) is 2. The molecule has 1 aromatic rings. The molecule has 3 N–H and O–H groups in total. The molecule has 1 amide bonds. The molecule has 2 rings (SSSR count).